The minimum atomic E-state index is -0.671. The lowest BCUT2D eigenvalue weighted by atomic mass is 9.33. The summed E-state index contributed by atoms with van der Waals surface area (Å²) in [6, 6.07) is 53.4. The van der Waals surface area contributed by atoms with Crippen LogP contribution in [0, 0.1) is 0 Å². The Morgan fingerprint density at radius 2 is 0.697 bits per heavy atom. The molecule has 12 aromatic carbocycles. The largest absolute Gasteiger partial charge is 0.311 e. The number of para-hydroxylation sites is 4. The molecule has 0 radical (unpaired) electrons. The van der Waals surface area contributed by atoms with E-state index in [4.69, 9.17) is 9.60 Å². The molecular weight excluding hydrogens is 1080 g/mol. The van der Waals surface area contributed by atoms with E-state index in [0.717, 1.165) is 89.2 Å². The van der Waals surface area contributed by atoms with Gasteiger partial charge in [-0.2, -0.15) is 0 Å². The number of nitrogens with zero attached hydrogens (tertiary/aromatic N) is 4. The van der Waals surface area contributed by atoms with Gasteiger partial charge in [0.2, 0.25) is 0 Å². The third-order valence-corrected chi connectivity index (χ3v) is 18.1. The number of aromatic nitrogens is 2. The van der Waals surface area contributed by atoms with E-state index in [9.17, 15) is 11.0 Å². The highest BCUT2D eigenvalue weighted by Crippen LogP contribution is 2.52. The topological polar surface area (TPSA) is 16.3 Å². The molecule has 4 nitrogen and oxygen atoms in total. The van der Waals surface area contributed by atoms with Crippen LogP contribution in [-0.4, -0.2) is 15.8 Å². The van der Waals surface area contributed by atoms with Gasteiger partial charge in [0.05, 0.1) is 54.0 Å². The second kappa shape index (κ2) is 20.2. The van der Waals surface area contributed by atoms with E-state index in [1.807, 2.05) is 72.8 Å². The van der Waals surface area contributed by atoms with Crippen molar-refractivity contribution in [2.75, 3.05) is 9.80 Å². The highest BCUT2D eigenvalue weighted by molar-refractivity contribution is 7.00. The molecule has 2 aliphatic heterocycles. The van der Waals surface area contributed by atoms with E-state index >= 15 is 0 Å². The first kappa shape index (κ1) is 40.4. The number of benzene rings is 12. The predicted molar refractivity (Wildman–Crippen MR) is 382 cm³/mol. The van der Waals surface area contributed by atoms with Crippen molar-refractivity contribution >= 4 is 101 Å². The maximum Gasteiger partial charge on any atom is 0.252 e. The Balaban J connectivity index is 1.11. The highest BCUT2D eigenvalue weighted by Gasteiger charge is 2.45. The lowest BCUT2D eigenvalue weighted by molar-refractivity contribution is 0.590. The van der Waals surface area contributed by atoms with Crippen molar-refractivity contribution in [1.29, 1.82) is 0 Å². The fourth-order valence-corrected chi connectivity index (χ4v) is 13.6. The third-order valence-electron chi connectivity index (χ3n) is 18.1. The summed E-state index contributed by atoms with van der Waals surface area (Å²) in [5.41, 5.74) is 15.6. The van der Waals surface area contributed by atoms with Gasteiger partial charge in [-0.05, 0) is 156 Å². The molecule has 0 unspecified atom stereocenters. The van der Waals surface area contributed by atoms with Crippen LogP contribution in [0.25, 0.3) is 88.4 Å². The third kappa shape index (κ3) is 8.80. The van der Waals surface area contributed by atoms with E-state index in [1.54, 1.807) is 9.13 Å². The molecular formula is C84H71BN4. The van der Waals surface area contributed by atoms with Crippen molar-refractivity contribution < 1.29 is 20.6 Å². The van der Waals surface area contributed by atoms with Gasteiger partial charge in [-0.15, -0.1) is 0 Å². The monoisotopic (exact) mass is 1160 g/mol. The summed E-state index contributed by atoms with van der Waals surface area (Å²) < 4.78 is 143. The highest BCUT2D eigenvalue weighted by atomic mass is 15.2. The van der Waals surface area contributed by atoms with Gasteiger partial charge in [0.25, 0.3) is 6.71 Å². The molecule has 14 aromatic rings. The van der Waals surface area contributed by atoms with Crippen LogP contribution in [0.2, 0.25) is 0 Å². The summed E-state index contributed by atoms with van der Waals surface area (Å²) in [7, 11) is 0. The number of fused-ring (bicyclic) bond motifs is 10. The molecule has 0 saturated heterocycles. The quantitative estimate of drug-likeness (QED) is 0.148. The first-order chi connectivity index (χ1) is 49.3. The smallest absolute Gasteiger partial charge is 0.252 e. The molecule has 5 heteroatoms. The van der Waals surface area contributed by atoms with Gasteiger partial charge < -0.3 is 18.9 Å². The van der Waals surface area contributed by atoms with Gasteiger partial charge in [-0.25, -0.2) is 0 Å². The Kier molecular flexibility index (Phi) is 9.18. The van der Waals surface area contributed by atoms with Crippen molar-refractivity contribution in [2.24, 2.45) is 0 Å². The Morgan fingerprint density at radius 3 is 1.12 bits per heavy atom. The zero-order chi connectivity index (χ0) is 73.7. The molecule has 0 atom stereocenters. The zero-order valence-electron chi connectivity index (χ0n) is 66.1. The summed E-state index contributed by atoms with van der Waals surface area (Å²) >= 11 is 0. The van der Waals surface area contributed by atoms with Crippen molar-refractivity contribution in [1.82, 2.24) is 9.13 Å². The first-order valence-corrected chi connectivity index (χ1v) is 30.4. The van der Waals surface area contributed by atoms with Gasteiger partial charge in [-0.3, -0.25) is 0 Å². The first-order valence-electron chi connectivity index (χ1n) is 37.9. The molecule has 0 aliphatic carbocycles. The summed E-state index contributed by atoms with van der Waals surface area (Å²) in [5.74, 6) is 0. The molecule has 0 saturated carbocycles. The van der Waals surface area contributed by atoms with Crippen LogP contribution >= 0.6 is 0 Å². The maximum absolute atomic E-state index is 9.70. The summed E-state index contributed by atoms with van der Waals surface area (Å²) in [4.78, 5) is 4.58. The summed E-state index contributed by atoms with van der Waals surface area (Å²) in [5, 5.41) is 0.0640. The molecule has 16 rings (SSSR count). The number of rotatable bonds is 7. The second-order valence-corrected chi connectivity index (χ2v) is 26.7. The maximum atomic E-state index is 9.70. The van der Waals surface area contributed by atoms with E-state index in [-0.39, 0.29) is 90.1 Å². The van der Waals surface area contributed by atoms with Crippen LogP contribution < -0.4 is 26.2 Å². The molecule has 0 bridgehead atoms. The molecule has 2 aromatic heterocycles. The van der Waals surface area contributed by atoms with Crippen LogP contribution in [0.1, 0.15) is 99.6 Å². The van der Waals surface area contributed by atoms with Crippen molar-refractivity contribution in [3.8, 4) is 44.8 Å². The number of hydrogen-bond acceptors (Lipinski definition) is 2. The second-order valence-electron chi connectivity index (χ2n) is 26.7. The van der Waals surface area contributed by atoms with Crippen LogP contribution in [0.3, 0.4) is 0 Å². The molecule has 2 aliphatic rings. The van der Waals surface area contributed by atoms with Crippen molar-refractivity contribution in [2.45, 2.75) is 78.6 Å². The van der Waals surface area contributed by atoms with Crippen molar-refractivity contribution in [3.63, 3.8) is 0 Å². The minimum absolute atomic E-state index is 0.0257. The average molecular weight is 1160 g/mol. The fourth-order valence-electron chi connectivity index (χ4n) is 13.6. The van der Waals surface area contributed by atoms with E-state index in [2.05, 4.69) is 169 Å². The Hall–Kier alpha value is -10.1. The van der Waals surface area contributed by atoms with Gasteiger partial charge in [0.15, 0.2) is 0 Å². The molecule has 0 N–H and O–H groups in total. The zero-order valence-corrected chi connectivity index (χ0v) is 51.1. The standard InChI is InChI=1S/C84H71BN4/c1-82(2,3)58-38-36-54(37-39-58)57-48-79-81-80(49-57)89(76-47-41-60(84(7,8)9)51-68(76)56-26-14-11-15-27-56)78-53-62(87-73-34-22-18-30-65(73)66-31-19-23-35-74(66)87)43-45-70(78)85(81)69-44-42-61(86-71-32-20-16-28-63(71)64-29-17-21-33-72(64)86)52-77(69)88(79)75-46-40-59(83(4,5)6)50-67(75)55-24-12-10-13-25-55/h10-53H,1-9H3/i16D,17D,18D,20D,21D,22D,23D,28D,29D,30D,31D,32D,33D,34D,35D. The molecule has 430 valence electrons. The van der Waals surface area contributed by atoms with Crippen LogP contribution in [-0.2, 0) is 16.2 Å². The van der Waals surface area contributed by atoms with Crippen molar-refractivity contribution in [3.05, 3.63) is 283 Å². The molecule has 89 heavy (non-hydrogen) atoms. The molecule has 0 amide bonds. The fraction of sp³-hybridized carbons (Fsp3) is 0.143. The SMILES string of the molecule is [2H]c1cc([2H])c2c3c([2H])c([2H])c([2H])c([2H])c3n(-c3ccc4c(c3)N(c3ccc(C(C)(C)C)cc3-c3ccccc3)c3cc(-c5ccc(C(C)(C)C)cc5)cc5c3B4c3ccc(-n4c6c([2H])c([2H])c([2H])c([2H])c6c6c([2H])c([2H])c([2H])c([2H])c64)cc3N5c3ccc(C(C)(C)C)cc3-c3ccccc3)c2c1[2H]. The average Bonchev–Trinajstić information content (AvgIpc) is 0.866. The van der Waals surface area contributed by atoms with E-state index in [0.29, 0.717) is 22.7 Å². The summed E-state index contributed by atoms with van der Waals surface area (Å²) in [6.07, 6.45) is 0. The lowest BCUT2D eigenvalue weighted by Crippen LogP contribution is -2.61. The minimum Gasteiger partial charge on any atom is -0.311 e. The predicted octanol–water partition coefficient (Wildman–Crippen LogP) is 20.9. The summed E-state index contributed by atoms with van der Waals surface area (Å²) in [6.45, 7) is 19.0. The Bertz CT molecular complexity index is 5990. The van der Waals surface area contributed by atoms with E-state index in [1.165, 1.54) is 6.07 Å². The normalized spacial score (nSPS) is 15.5. The van der Waals surface area contributed by atoms with Gasteiger partial charge in [0, 0.05) is 66.8 Å². The Morgan fingerprint density at radius 1 is 0.303 bits per heavy atom. The van der Waals surface area contributed by atoms with Crippen LogP contribution in [0.15, 0.2) is 267 Å². The Labute approximate surface area is 544 Å². The van der Waals surface area contributed by atoms with Gasteiger partial charge in [-0.1, -0.05) is 244 Å². The lowest BCUT2D eigenvalue weighted by Gasteiger charge is -2.45. The van der Waals surface area contributed by atoms with Crippen LogP contribution in [0.4, 0.5) is 34.1 Å². The number of anilines is 6. The van der Waals surface area contributed by atoms with E-state index < -0.39 is 67.1 Å². The molecule has 0 spiro atoms. The van der Waals surface area contributed by atoms with Crippen LogP contribution in [0.5, 0.6) is 0 Å². The molecule has 4 heterocycles. The van der Waals surface area contributed by atoms with Gasteiger partial charge in [0.1, 0.15) is 0 Å². The molecule has 0 fully saturated rings. The van der Waals surface area contributed by atoms with Gasteiger partial charge >= 0.3 is 0 Å². The number of hydrogen-bond donors (Lipinski definition) is 0.